The molecule has 1 aliphatic heterocycles. The molecule has 2 rings (SSSR count). The van der Waals surface area contributed by atoms with Crippen molar-refractivity contribution in [1.82, 2.24) is 10.2 Å². The van der Waals surface area contributed by atoms with Crippen LogP contribution < -0.4 is 5.32 Å². The topological polar surface area (TPSA) is 58.6 Å². The van der Waals surface area contributed by atoms with Crippen LogP contribution in [0.3, 0.4) is 0 Å². The van der Waals surface area contributed by atoms with Crippen LogP contribution in [-0.4, -0.2) is 42.1 Å². The number of carbonyl (C=O) groups is 2. The molecule has 0 aliphatic carbocycles. The Bertz CT molecular complexity index is 689. The van der Waals surface area contributed by atoms with Crippen LogP contribution in [0.4, 0.5) is 9.18 Å². The molecular formula is C21H29FN2O3. The van der Waals surface area contributed by atoms with E-state index in [1.165, 1.54) is 12.1 Å². The number of carbonyl (C=O) groups excluding carboxylic acids is 2. The number of nitrogens with one attached hydrogen (secondary N) is 1. The summed E-state index contributed by atoms with van der Waals surface area (Å²) in [5.74, 6) is 0.0365. The third kappa shape index (κ3) is 6.70. The summed E-state index contributed by atoms with van der Waals surface area (Å²) in [4.78, 5) is 26.1. The molecule has 1 heterocycles. The van der Waals surface area contributed by atoms with Crippen molar-refractivity contribution in [3.63, 3.8) is 0 Å². The highest BCUT2D eigenvalue weighted by atomic mass is 19.1. The van der Waals surface area contributed by atoms with Gasteiger partial charge in [-0.2, -0.15) is 0 Å². The molecule has 5 nitrogen and oxygen atoms in total. The molecule has 6 heteroatoms. The molecule has 148 valence electrons. The lowest BCUT2D eigenvalue weighted by Gasteiger charge is -2.32. The molecule has 1 N–H and O–H groups in total. The average Bonchev–Trinajstić information content (AvgIpc) is 2.60. The lowest BCUT2D eigenvalue weighted by molar-refractivity contribution is -0.131. The van der Waals surface area contributed by atoms with Crippen LogP contribution in [0.2, 0.25) is 0 Å². The van der Waals surface area contributed by atoms with Gasteiger partial charge in [0.1, 0.15) is 11.4 Å². The number of ether oxygens (including phenoxy) is 1. The van der Waals surface area contributed by atoms with Crippen molar-refractivity contribution in [1.29, 1.82) is 0 Å². The van der Waals surface area contributed by atoms with Gasteiger partial charge < -0.3 is 15.0 Å². The Labute approximate surface area is 160 Å². The number of nitrogens with zero attached hydrogens (tertiary/aromatic N) is 1. The molecule has 1 fully saturated rings. The number of benzene rings is 1. The van der Waals surface area contributed by atoms with E-state index < -0.39 is 11.7 Å². The number of hydrogen-bond acceptors (Lipinski definition) is 3. The first-order valence-electron chi connectivity index (χ1n) is 9.33. The number of rotatable bonds is 5. The van der Waals surface area contributed by atoms with Gasteiger partial charge in [0.15, 0.2) is 0 Å². The highest BCUT2D eigenvalue weighted by molar-refractivity contribution is 5.79. The molecular weight excluding hydrogens is 347 g/mol. The zero-order valence-electron chi connectivity index (χ0n) is 16.4. The van der Waals surface area contributed by atoms with E-state index in [1.807, 2.05) is 25.7 Å². The van der Waals surface area contributed by atoms with Crippen LogP contribution >= 0.6 is 0 Å². The first kappa shape index (κ1) is 20.9. The minimum absolute atomic E-state index is 0.0372. The molecule has 1 aliphatic rings. The lowest BCUT2D eigenvalue weighted by Crippen LogP contribution is -2.42. The molecule has 1 aromatic rings. The fourth-order valence-electron chi connectivity index (χ4n) is 3.07. The molecule has 0 saturated carbocycles. The van der Waals surface area contributed by atoms with Crippen molar-refractivity contribution in [3.8, 4) is 0 Å². The van der Waals surface area contributed by atoms with Gasteiger partial charge in [-0.1, -0.05) is 18.7 Å². The van der Waals surface area contributed by atoms with Gasteiger partial charge in [-0.05, 0) is 57.2 Å². The summed E-state index contributed by atoms with van der Waals surface area (Å²) in [7, 11) is 0. The second kappa shape index (κ2) is 9.02. The van der Waals surface area contributed by atoms with Crippen molar-refractivity contribution >= 4 is 18.1 Å². The van der Waals surface area contributed by atoms with Crippen molar-refractivity contribution in [3.05, 3.63) is 41.7 Å². The van der Waals surface area contributed by atoms with Crippen LogP contribution in [0.5, 0.6) is 0 Å². The molecule has 1 saturated heterocycles. The quantitative estimate of drug-likeness (QED) is 0.851. The number of amides is 2. The maximum Gasteiger partial charge on any atom is 0.407 e. The van der Waals surface area contributed by atoms with E-state index in [0.717, 1.165) is 18.4 Å². The second-order valence-corrected chi connectivity index (χ2v) is 7.94. The van der Waals surface area contributed by atoms with E-state index in [2.05, 4.69) is 11.9 Å². The third-order valence-electron chi connectivity index (χ3n) is 4.54. The zero-order chi connectivity index (χ0) is 20.0. The normalized spacial score (nSPS) is 15.3. The predicted octanol–water partition coefficient (Wildman–Crippen LogP) is 3.77. The van der Waals surface area contributed by atoms with Crippen molar-refractivity contribution in [2.45, 2.75) is 45.6 Å². The summed E-state index contributed by atoms with van der Waals surface area (Å²) in [6.45, 7) is 10.9. The van der Waals surface area contributed by atoms with E-state index >= 15 is 0 Å². The number of alkyl carbamates (subject to hydrolysis) is 1. The van der Waals surface area contributed by atoms with E-state index in [-0.39, 0.29) is 18.1 Å². The van der Waals surface area contributed by atoms with Crippen molar-refractivity contribution < 1.29 is 18.7 Å². The van der Waals surface area contributed by atoms with Crippen molar-refractivity contribution in [2.75, 3.05) is 19.6 Å². The molecule has 2 amide bonds. The molecule has 27 heavy (non-hydrogen) atoms. The summed E-state index contributed by atoms with van der Waals surface area (Å²) in [6, 6.07) is 4.67. The third-order valence-corrected chi connectivity index (χ3v) is 4.54. The molecule has 0 aromatic heterocycles. The first-order valence-corrected chi connectivity index (χ1v) is 9.33. The zero-order valence-corrected chi connectivity index (χ0v) is 16.4. The maximum atomic E-state index is 13.5. The lowest BCUT2D eigenvalue weighted by atomic mass is 9.96. The van der Waals surface area contributed by atoms with Crippen molar-refractivity contribution in [2.24, 2.45) is 5.92 Å². The predicted molar refractivity (Wildman–Crippen MR) is 104 cm³/mol. The van der Waals surface area contributed by atoms with Crippen LogP contribution in [0.1, 0.15) is 44.7 Å². The molecule has 0 atom stereocenters. The standard InChI is InChI=1S/C21H29FN2O3/c1-5-17-12-16(6-7-18(17)22)13-19(25)24-10-8-15(9-11-24)14-23-20(26)27-21(2,3)4/h5-7,12,15H,1,8-11,13-14H2,2-4H3,(H,23,26). The van der Waals surface area contributed by atoms with Gasteiger partial charge >= 0.3 is 6.09 Å². The largest absolute Gasteiger partial charge is 0.444 e. The number of piperidine rings is 1. The van der Waals surface area contributed by atoms with Crippen LogP contribution in [0, 0.1) is 11.7 Å². The Balaban J connectivity index is 1.77. The number of halogens is 1. The highest BCUT2D eigenvalue weighted by Gasteiger charge is 2.24. The van der Waals surface area contributed by atoms with Gasteiger partial charge in [0.05, 0.1) is 6.42 Å². The smallest absolute Gasteiger partial charge is 0.407 e. The molecule has 0 radical (unpaired) electrons. The van der Waals surface area contributed by atoms with E-state index in [0.29, 0.717) is 31.1 Å². The summed E-state index contributed by atoms with van der Waals surface area (Å²) in [5, 5.41) is 2.80. The summed E-state index contributed by atoms with van der Waals surface area (Å²) in [6.07, 6.45) is 2.97. The fourth-order valence-corrected chi connectivity index (χ4v) is 3.07. The molecule has 1 aromatic carbocycles. The fraction of sp³-hybridized carbons (Fsp3) is 0.524. The minimum atomic E-state index is -0.508. The Morgan fingerprint density at radius 3 is 2.59 bits per heavy atom. The Kier molecular flexibility index (Phi) is 6.99. The van der Waals surface area contributed by atoms with Gasteiger partial charge in [-0.25, -0.2) is 9.18 Å². The van der Waals surface area contributed by atoms with Crippen LogP contribution in [0.25, 0.3) is 6.08 Å². The average molecular weight is 376 g/mol. The van der Waals surface area contributed by atoms with Gasteiger partial charge in [0.2, 0.25) is 5.91 Å². The van der Waals surface area contributed by atoms with Crippen LogP contribution in [-0.2, 0) is 16.0 Å². The van der Waals surface area contributed by atoms with E-state index in [1.54, 1.807) is 12.1 Å². The summed E-state index contributed by atoms with van der Waals surface area (Å²) >= 11 is 0. The Morgan fingerprint density at radius 2 is 2.00 bits per heavy atom. The Hall–Kier alpha value is -2.37. The molecule has 0 spiro atoms. The molecule has 0 bridgehead atoms. The highest BCUT2D eigenvalue weighted by Crippen LogP contribution is 2.19. The van der Waals surface area contributed by atoms with E-state index in [9.17, 15) is 14.0 Å². The Morgan fingerprint density at radius 1 is 1.33 bits per heavy atom. The minimum Gasteiger partial charge on any atom is -0.444 e. The van der Waals surface area contributed by atoms with Gasteiger partial charge in [-0.15, -0.1) is 0 Å². The van der Waals surface area contributed by atoms with Gasteiger partial charge in [0.25, 0.3) is 0 Å². The second-order valence-electron chi connectivity index (χ2n) is 7.94. The van der Waals surface area contributed by atoms with E-state index in [4.69, 9.17) is 4.74 Å². The van der Waals surface area contributed by atoms with Crippen LogP contribution in [0.15, 0.2) is 24.8 Å². The number of hydrogen-bond donors (Lipinski definition) is 1. The van der Waals surface area contributed by atoms with Gasteiger partial charge in [0, 0.05) is 25.2 Å². The monoisotopic (exact) mass is 376 g/mol. The SMILES string of the molecule is C=Cc1cc(CC(=O)N2CCC(CNC(=O)OC(C)(C)C)CC2)ccc1F. The number of likely N-dealkylation sites (tertiary alicyclic amines) is 1. The summed E-state index contributed by atoms with van der Waals surface area (Å²) in [5.41, 5.74) is 0.684. The maximum absolute atomic E-state index is 13.5. The molecule has 0 unspecified atom stereocenters. The van der Waals surface area contributed by atoms with Gasteiger partial charge in [-0.3, -0.25) is 4.79 Å². The first-order chi connectivity index (χ1) is 12.7. The summed E-state index contributed by atoms with van der Waals surface area (Å²) < 4.78 is 18.8.